The molecular formula is C18H18Cl2N2O2. The van der Waals surface area contributed by atoms with Gasteiger partial charge in [0.25, 0.3) is 11.8 Å². The van der Waals surface area contributed by atoms with Crippen LogP contribution in [0.2, 0.25) is 10.0 Å². The van der Waals surface area contributed by atoms with Gasteiger partial charge in [0, 0.05) is 0 Å². The van der Waals surface area contributed by atoms with Crippen molar-refractivity contribution in [1.82, 2.24) is 10.4 Å². The van der Waals surface area contributed by atoms with Gasteiger partial charge in [-0.1, -0.05) is 47.5 Å². The highest BCUT2D eigenvalue weighted by molar-refractivity contribution is 6.34. The Bertz CT molecular complexity index is 770. The summed E-state index contributed by atoms with van der Waals surface area (Å²) < 4.78 is 0. The van der Waals surface area contributed by atoms with Crippen LogP contribution in [0.5, 0.6) is 0 Å². The molecule has 0 fully saturated rings. The van der Waals surface area contributed by atoms with Crippen molar-refractivity contribution in [2.45, 2.75) is 26.3 Å². The van der Waals surface area contributed by atoms with Crippen LogP contribution < -0.4 is 5.43 Å². The van der Waals surface area contributed by atoms with Gasteiger partial charge in [0.1, 0.15) is 0 Å². The molecule has 0 heterocycles. The lowest BCUT2D eigenvalue weighted by atomic mass is 10.1. The van der Waals surface area contributed by atoms with Crippen LogP contribution in [0.1, 0.15) is 41.5 Å². The molecule has 2 amide bonds. The first kappa shape index (κ1) is 18.3. The lowest BCUT2D eigenvalue weighted by Crippen LogP contribution is -2.56. The fourth-order valence-electron chi connectivity index (χ4n) is 2.09. The molecule has 1 N–H and O–H groups in total. The second kappa shape index (κ2) is 7.24. The molecule has 0 aliphatic rings. The maximum Gasteiger partial charge on any atom is 0.274 e. The molecule has 0 aliphatic carbocycles. The lowest BCUT2D eigenvalue weighted by molar-refractivity contribution is 0.0359. The molecular weight excluding hydrogens is 347 g/mol. The Morgan fingerprint density at radius 2 is 1.33 bits per heavy atom. The van der Waals surface area contributed by atoms with Crippen molar-refractivity contribution in [1.29, 1.82) is 0 Å². The number of carbonyl (C=O) groups excluding carboxylic acids is 2. The van der Waals surface area contributed by atoms with E-state index in [1.807, 2.05) is 20.8 Å². The summed E-state index contributed by atoms with van der Waals surface area (Å²) in [6.45, 7) is 5.44. The van der Waals surface area contributed by atoms with Crippen molar-refractivity contribution in [2.24, 2.45) is 0 Å². The first-order valence-corrected chi connectivity index (χ1v) is 8.12. The smallest absolute Gasteiger partial charge is 0.267 e. The maximum atomic E-state index is 12.9. The van der Waals surface area contributed by atoms with Crippen LogP contribution in [0.3, 0.4) is 0 Å². The molecule has 0 saturated heterocycles. The number of rotatable bonds is 2. The summed E-state index contributed by atoms with van der Waals surface area (Å²) in [5.41, 5.74) is 2.59. The quantitative estimate of drug-likeness (QED) is 0.792. The van der Waals surface area contributed by atoms with Gasteiger partial charge in [-0.3, -0.25) is 15.0 Å². The Kier molecular flexibility index (Phi) is 5.52. The Morgan fingerprint density at radius 3 is 1.79 bits per heavy atom. The molecule has 4 nitrogen and oxygen atoms in total. The largest absolute Gasteiger partial charge is 0.274 e. The molecule has 126 valence electrons. The van der Waals surface area contributed by atoms with Crippen molar-refractivity contribution in [3.63, 3.8) is 0 Å². The van der Waals surface area contributed by atoms with Crippen LogP contribution in [0, 0.1) is 0 Å². The lowest BCUT2D eigenvalue weighted by Gasteiger charge is -2.35. The van der Waals surface area contributed by atoms with E-state index in [4.69, 9.17) is 23.2 Å². The van der Waals surface area contributed by atoms with E-state index in [9.17, 15) is 9.59 Å². The van der Waals surface area contributed by atoms with E-state index in [1.165, 1.54) is 5.01 Å². The topological polar surface area (TPSA) is 49.4 Å². The van der Waals surface area contributed by atoms with E-state index >= 15 is 0 Å². The molecule has 0 atom stereocenters. The predicted octanol–water partition coefficient (Wildman–Crippen LogP) is 4.58. The van der Waals surface area contributed by atoms with E-state index in [2.05, 4.69) is 5.43 Å². The Balaban J connectivity index is 2.34. The van der Waals surface area contributed by atoms with Crippen molar-refractivity contribution in [3.05, 3.63) is 69.7 Å². The summed E-state index contributed by atoms with van der Waals surface area (Å²) in [5.74, 6) is -0.857. The first-order valence-electron chi connectivity index (χ1n) is 7.36. The summed E-state index contributed by atoms with van der Waals surface area (Å²) >= 11 is 12.2. The van der Waals surface area contributed by atoms with Crippen LogP contribution in [0.15, 0.2) is 48.5 Å². The van der Waals surface area contributed by atoms with Crippen LogP contribution >= 0.6 is 23.2 Å². The average molecular weight is 365 g/mol. The molecule has 0 radical (unpaired) electrons. The van der Waals surface area contributed by atoms with Gasteiger partial charge in [-0.25, -0.2) is 5.01 Å². The summed E-state index contributed by atoms with van der Waals surface area (Å²) in [6.07, 6.45) is 0. The molecule has 6 heteroatoms. The van der Waals surface area contributed by atoms with Crippen LogP contribution in [-0.2, 0) is 0 Å². The van der Waals surface area contributed by atoms with E-state index in [0.29, 0.717) is 21.2 Å². The van der Waals surface area contributed by atoms with Gasteiger partial charge in [-0.2, -0.15) is 0 Å². The third-order valence-corrected chi connectivity index (χ3v) is 3.97. The van der Waals surface area contributed by atoms with Crippen LogP contribution in [0.4, 0.5) is 0 Å². The maximum absolute atomic E-state index is 12.9. The van der Waals surface area contributed by atoms with E-state index in [-0.39, 0.29) is 0 Å². The van der Waals surface area contributed by atoms with E-state index < -0.39 is 17.4 Å². The van der Waals surface area contributed by atoms with Crippen LogP contribution in [-0.4, -0.2) is 22.4 Å². The minimum Gasteiger partial charge on any atom is -0.267 e. The highest BCUT2D eigenvalue weighted by atomic mass is 35.5. The summed E-state index contributed by atoms with van der Waals surface area (Å²) in [5, 5.41) is 1.90. The van der Waals surface area contributed by atoms with Crippen molar-refractivity contribution >= 4 is 35.0 Å². The summed E-state index contributed by atoms with van der Waals surface area (Å²) in [4.78, 5) is 25.4. The van der Waals surface area contributed by atoms with Crippen molar-refractivity contribution in [3.8, 4) is 0 Å². The van der Waals surface area contributed by atoms with E-state index in [0.717, 1.165) is 0 Å². The third kappa shape index (κ3) is 4.08. The predicted molar refractivity (Wildman–Crippen MR) is 96.3 cm³/mol. The average Bonchev–Trinajstić information content (AvgIpc) is 2.51. The fraction of sp³-hybridized carbons (Fsp3) is 0.222. The zero-order chi connectivity index (χ0) is 17.9. The molecule has 0 aromatic heterocycles. The van der Waals surface area contributed by atoms with E-state index in [1.54, 1.807) is 48.5 Å². The monoisotopic (exact) mass is 364 g/mol. The molecule has 0 aliphatic heterocycles. The number of halogens is 2. The summed E-state index contributed by atoms with van der Waals surface area (Å²) in [6, 6.07) is 13.4. The highest BCUT2D eigenvalue weighted by Gasteiger charge is 2.30. The number of nitrogens with one attached hydrogen (secondary N) is 1. The second-order valence-electron chi connectivity index (χ2n) is 6.21. The normalized spacial score (nSPS) is 11.0. The molecule has 0 saturated carbocycles. The highest BCUT2D eigenvalue weighted by Crippen LogP contribution is 2.22. The zero-order valence-corrected chi connectivity index (χ0v) is 15.2. The SMILES string of the molecule is CC(C)(C)N(NC(=O)c1ccccc1Cl)C(=O)c1ccccc1Cl. The van der Waals surface area contributed by atoms with Gasteiger partial charge in [-0.15, -0.1) is 0 Å². The molecule has 2 rings (SSSR count). The van der Waals surface area contributed by atoms with Gasteiger partial charge in [-0.05, 0) is 45.0 Å². The minimum absolute atomic E-state index is 0.292. The number of hydrazine groups is 1. The minimum atomic E-state index is -0.660. The Labute approximate surface area is 151 Å². The second-order valence-corrected chi connectivity index (χ2v) is 7.03. The number of nitrogens with zero attached hydrogens (tertiary/aromatic N) is 1. The molecule has 2 aromatic rings. The molecule has 0 spiro atoms. The number of hydrogen-bond acceptors (Lipinski definition) is 2. The molecule has 2 aromatic carbocycles. The van der Waals surface area contributed by atoms with Crippen molar-refractivity contribution < 1.29 is 9.59 Å². The van der Waals surface area contributed by atoms with Gasteiger partial charge in [0.2, 0.25) is 0 Å². The Hall–Kier alpha value is -2.04. The number of carbonyl (C=O) groups is 2. The van der Waals surface area contributed by atoms with Gasteiger partial charge < -0.3 is 0 Å². The van der Waals surface area contributed by atoms with Gasteiger partial charge in [0.15, 0.2) is 0 Å². The number of benzene rings is 2. The molecule has 24 heavy (non-hydrogen) atoms. The summed E-state index contributed by atoms with van der Waals surface area (Å²) in [7, 11) is 0. The number of amides is 2. The van der Waals surface area contributed by atoms with Gasteiger partial charge in [0.05, 0.1) is 26.7 Å². The standard InChI is InChI=1S/C18H18Cl2N2O2/c1-18(2,3)22(17(24)13-9-5-7-11-15(13)20)21-16(23)12-8-4-6-10-14(12)19/h4-11H,1-3H3,(H,21,23). The zero-order valence-electron chi connectivity index (χ0n) is 13.6. The van der Waals surface area contributed by atoms with Gasteiger partial charge >= 0.3 is 0 Å². The molecule has 0 bridgehead atoms. The fourth-order valence-corrected chi connectivity index (χ4v) is 2.52. The Morgan fingerprint density at radius 1 is 0.875 bits per heavy atom. The van der Waals surface area contributed by atoms with Crippen LogP contribution in [0.25, 0.3) is 0 Å². The third-order valence-electron chi connectivity index (χ3n) is 3.31. The first-order chi connectivity index (χ1) is 11.2. The number of hydrogen-bond donors (Lipinski definition) is 1. The molecule has 0 unspecified atom stereocenters. The van der Waals surface area contributed by atoms with Crippen molar-refractivity contribution in [2.75, 3.05) is 0 Å².